The second kappa shape index (κ2) is 3.67. The predicted octanol–water partition coefficient (Wildman–Crippen LogP) is 0.773. The normalized spacial score (nSPS) is 24.6. The number of hydrogen-bond donors (Lipinski definition) is 0. The maximum absolute atomic E-state index is 12.0. The Bertz CT molecular complexity index is 409. The van der Waals surface area contributed by atoms with Gasteiger partial charge >= 0.3 is 0 Å². The number of allylic oxidation sites excluding steroid dienone is 3. The average Bonchev–Trinajstić information content (AvgIpc) is 2.17. The molecule has 78 valence electrons. The third kappa shape index (κ3) is 1.64. The van der Waals surface area contributed by atoms with Gasteiger partial charge in [0.05, 0.1) is 5.71 Å². The Morgan fingerprint density at radius 2 is 2.20 bits per heavy atom. The van der Waals surface area contributed by atoms with Crippen molar-refractivity contribution < 1.29 is 4.79 Å². The van der Waals surface area contributed by atoms with E-state index in [2.05, 4.69) is 4.99 Å². The first-order valence-electron chi connectivity index (χ1n) is 4.60. The zero-order chi connectivity index (χ0) is 11.0. The number of nitrogens with zero attached hydrogens (tertiary/aromatic N) is 3. The molecule has 2 rings (SSSR count). The first-order valence-corrected chi connectivity index (χ1v) is 5.00. The molecule has 0 radical (unpaired) electrons. The molecule has 0 saturated heterocycles. The highest BCUT2D eigenvalue weighted by Gasteiger charge is 2.34. The summed E-state index contributed by atoms with van der Waals surface area (Å²) in [7, 11) is 3.54. The van der Waals surface area contributed by atoms with Crippen molar-refractivity contribution in [3.8, 4) is 0 Å². The van der Waals surface area contributed by atoms with Gasteiger partial charge in [-0.3, -0.25) is 4.79 Å². The molecule has 4 nitrogen and oxygen atoms in total. The summed E-state index contributed by atoms with van der Waals surface area (Å²) in [5.74, 6) is -0.334. The number of fused-ring (bicyclic) bond motifs is 1. The van der Waals surface area contributed by atoms with Gasteiger partial charge in [-0.05, 0) is 18.3 Å². The van der Waals surface area contributed by atoms with Gasteiger partial charge in [-0.25, -0.2) is 15.0 Å². The maximum atomic E-state index is 12.0. The van der Waals surface area contributed by atoms with Gasteiger partial charge in [0.15, 0.2) is 0 Å². The molecule has 0 aromatic rings. The smallest absolute Gasteiger partial charge is 0.256 e. The number of hydrogen-bond acceptors (Lipinski definition) is 3. The molecule has 2 aliphatic rings. The van der Waals surface area contributed by atoms with E-state index in [0.717, 1.165) is 5.71 Å². The van der Waals surface area contributed by atoms with Crippen LogP contribution in [0.1, 0.15) is 0 Å². The molecule has 0 fully saturated rings. The highest BCUT2D eigenvalue weighted by atomic mass is 32.1. The van der Waals surface area contributed by atoms with Crippen molar-refractivity contribution in [1.29, 1.82) is 0 Å². The lowest BCUT2D eigenvalue weighted by molar-refractivity contribution is -0.137. The zero-order valence-electron chi connectivity index (χ0n) is 8.54. The van der Waals surface area contributed by atoms with Crippen LogP contribution in [0, 0.1) is 5.92 Å². The molecule has 5 heteroatoms. The molecule has 0 N–H and O–H groups in total. The van der Waals surface area contributed by atoms with E-state index >= 15 is 0 Å². The van der Waals surface area contributed by atoms with Crippen molar-refractivity contribution in [2.45, 2.75) is 0 Å². The predicted molar refractivity (Wildman–Crippen MR) is 62.3 cm³/mol. The van der Waals surface area contributed by atoms with Gasteiger partial charge in [0.25, 0.3) is 5.91 Å². The molecule has 1 heterocycles. The Kier molecular flexibility index (Phi) is 2.50. The van der Waals surface area contributed by atoms with Gasteiger partial charge in [0, 0.05) is 14.1 Å². The first-order chi connectivity index (χ1) is 7.11. The summed E-state index contributed by atoms with van der Waals surface area (Å²) in [6, 6.07) is 0. The van der Waals surface area contributed by atoms with E-state index in [9.17, 15) is 4.79 Å². The number of hydrazine groups is 1. The van der Waals surface area contributed by atoms with E-state index in [1.807, 2.05) is 24.3 Å². The third-order valence-corrected chi connectivity index (χ3v) is 2.55. The van der Waals surface area contributed by atoms with Gasteiger partial charge in [-0.1, -0.05) is 18.2 Å². The molecule has 1 amide bonds. The molecule has 15 heavy (non-hydrogen) atoms. The van der Waals surface area contributed by atoms with Crippen LogP contribution in [0.15, 0.2) is 29.3 Å². The summed E-state index contributed by atoms with van der Waals surface area (Å²) < 4.78 is 0. The van der Waals surface area contributed by atoms with Crippen molar-refractivity contribution in [1.82, 2.24) is 10.0 Å². The molecule has 1 atom stereocenters. The van der Waals surface area contributed by atoms with Gasteiger partial charge < -0.3 is 0 Å². The standard InChI is InChI=1S/C10H11N3OS/c1-12(2)13-9(14)7-5-3-4-6-8(7)11-10(13)15/h3-7H,1-2H3. The fourth-order valence-electron chi connectivity index (χ4n) is 1.60. The maximum Gasteiger partial charge on any atom is 0.256 e. The van der Waals surface area contributed by atoms with E-state index in [-0.39, 0.29) is 11.8 Å². The number of carbonyl (C=O) groups is 1. The zero-order valence-corrected chi connectivity index (χ0v) is 9.36. The Morgan fingerprint density at radius 1 is 1.47 bits per heavy atom. The lowest BCUT2D eigenvalue weighted by atomic mass is 9.96. The van der Waals surface area contributed by atoms with E-state index < -0.39 is 0 Å². The summed E-state index contributed by atoms with van der Waals surface area (Å²) >= 11 is 5.07. The van der Waals surface area contributed by atoms with Gasteiger partial charge in [-0.15, -0.1) is 0 Å². The second-order valence-electron chi connectivity index (χ2n) is 3.54. The SMILES string of the molecule is CN(C)N1C(=O)C2C=CC=CC2=NC1=S. The summed E-state index contributed by atoms with van der Waals surface area (Å²) in [6.07, 6.45) is 7.36. The fraction of sp³-hybridized carbons (Fsp3) is 0.300. The first kappa shape index (κ1) is 10.2. The summed E-state index contributed by atoms with van der Waals surface area (Å²) in [4.78, 5) is 16.3. The van der Waals surface area contributed by atoms with Gasteiger partial charge in [0.2, 0.25) is 5.11 Å². The molecule has 0 bridgehead atoms. The minimum absolute atomic E-state index is 0.0457. The quantitative estimate of drug-likeness (QED) is 0.614. The number of aliphatic imine (C=N–C) groups is 1. The van der Waals surface area contributed by atoms with Crippen LogP contribution in [0.5, 0.6) is 0 Å². The molecule has 0 aromatic heterocycles. The second-order valence-corrected chi connectivity index (χ2v) is 3.90. The average molecular weight is 221 g/mol. The third-order valence-electron chi connectivity index (χ3n) is 2.28. The van der Waals surface area contributed by atoms with Crippen molar-refractivity contribution in [3.63, 3.8) is 0 Å². The Hall–Kier alpha value is -1.33. The van der Waals surface area contributed by atoms with Crippen LogP contribution in [0.2, 0.25) is 0 Å². The van der Waals surface area contributed by atoms with Gasteiger partial charge in [0.1, 0.15) is 5.92 Å². The number of carbonyl (C=O) groups excluding carboxylic acids is 1. The largest absolute Gasteiger partial charge is 0.272 e. The van der Waals surface area contributed by atoms with Crippen LogP contribution in [0.3, 0.4) is 0 Å². The molecule has 1 aliphatic carbocycles. The van der Waals surface area contributed by atoms with Crippen LogP contribution >= 0.6 is 12.2 Å². The molecule has 0 spiro atoms. The van der Waals surface area contributed by atoms with Crippen LogP contribution in [0.25, 0.3) is 0 Å². The molecular weight excluding hydrogens is 210 g/mol. The van der Waals surface area contributed by atoms with Crippen molar-refractivity contribution in [2.75, 3.05) is 14.1 Å². The molecule has 1 aliphatic heterocycles. The molecule has 0 saturated carbocycles. The number of amides is 1. The molecule has 1 unspecified atom stereocenters. The Balaban J connectivity index is 2.41. The Morgan fingerprint density at radius 3 is 2.87 bits per heavy atom. The summed E-state index contributed by atoms with van der Waals surface area (Å²) in [5, 5.41) is 3.36. The number of thiocarbonyl (C=S) groups is 1. The fourth-order valence-corrected chi connectivity index (χ4v) is 1.96. The monoisotopic (exact) mass is 221 g/mol. The molecular formula is C10H11N3OS. The minimum Gasteiger partial charge on any atom is -0.272 e. The van der Waals surface area contributed by atoms with Crippen LogP contribution in [-0.4, -0.2) is 40.8 Å². The molecule has 0 aromatic carbocycles. The van der Waals surface area contributed by atoms with Crippen molar-refractivity contribution in [2.24, 2.45) is 10.9 Å². The van der Waals surface area contributed by atoms with Crippen LogP contribution in [-0.2, 0) is 4.79 Å². The lowest BCUT2D eigenvalue weighted by Gasteiger charge is -2.33. The van der Waals surface area contributed by atoms with Crippen LogP contribution < -0.4 is 0 Å². The topological polar surface area (TPSA) is 35.9 Å². The summed E-state index contributed by atoms with van der Waals surface area (Å²) in [6.45, 7) is 0. The highest BCUT2D eigenvalue weighted by molar-refractivity contribution is 7.80. The van der Waals surface area contributed by atoms with Gasteiger partial charge in [-0.2, -0.15) is 0 Å². The minimum atomic E-state index is -0.288. The summed E-state index contributed by atoms with van der Waals surface area (Å²) in [5.41, 5.74) is 0.727. The van der Waals surface area contributed by atoms with Crippen LogP contribution in [0.4, 0.5) is 0 Å². The number of rotatable bonds is 1. The van der Waals surface area contributed by atoms with E-state index in [1.54, 1.807) is 19.1 Å². The van der Waals surface area contributed by atoms with Crippen molar-refractivity contribution >= 4 is 28.9 Å². The lowest BCUT2D eigenvalue weighted by Crippen LogP contribution is -2.52. The van der Waals surface area contributed by atoms with E-state index in [4.69, 9.17) is 12.2 Å². The highest BCUT2D eigenvalue weighted by Crippen LogP contribution is 2.19. The van der Waals surface area contributed by atoms with E-state index in [1.165, 1.54) is 5.01 Å². The Labute approximate surface area is 93.5 Å². The van der Waals surface area contributed by atoms with Crippen molar-refractivity contribution in [3.05, 3.63) is 24.3 Å². The van der Waals surface area contributed by atoms with E-state index in [0.29, 0.717) is 5.11 Å².